The molecule has 0 unspecified atom stereocenters. The van der Waals surface area contributed by atoms with Crippen molar-refractivity contribution in [3.05, 3.63) is 40.4 Å². The number of halogens is 2. The highest BCUT2D eigenvalue weighted by Gasteiger charge is 2.23. The van der Waals surface area contributed by atoms with Crippen molar-refractivity contribution in [3.8, 4) is 5.75 Å². The Labute approximate surface area is 154 Å². The second kappa shape index (κ2) is 6.89. The van der Waals surface area contributed by atoms with Crippen LogP contribution in [-0.4, -0.2) is 28.5 Å². The third-order valence-corrected chi connectivity index (χ3v) is 6.06. The van der Waals surface area contributed by atoms with Gasteiger partial charge in [0.1, 0.15) is 10.6 Å². The van der Waals surface area contributed by atoms with Crippen LogP contribution in [0.25, 0.3) is 0 Å². The van der Waals surface area contributed by atoms with E-state index in [4.69, 9.17) is 38.2 Å². The Bertz CT molecular complexity index is 1040. The van der Waals surface area contributed by atoms with E-state index in [2.05, 4.69) is 4.72 Å². The lowest BCUT2D eigenvalue weighted by Gasteiger charge is -2.14. The van der Waals surface area contributed by atoms with Crippen molar-refractivity contribution >= 4 is 54.7 Å². The summed E-state index contributed by atoms with van der Waals surface area (Å²) in [6, 6.07) is 5.36. The molecule has 12 heteroatoms. The van der Waals surface area contributed by atoms with E-state index < -0.39 is 25.0 Å². The number of rotatable bonds is 5. The van der Waals surface area contributed by atoms with Crippen LogP contribution in [0.3, 0.4) is 0 Å². The molecule has 136 valence electrons. The Morgan fingerprint density at radius 2 is 1.72 bits per heavy atom. The normalized spacial score (nSPS) is 12.0. The monoisotopic (exact) mass is 426 g/mol. The first-order chi connectivity index (χ1) is 11.5. The van der Waals surface area contributed by atoms with Crippen molar-refractivity contribution in [2.45, 2.75) is 9.79 Å². The van der Waals surface area contributed by atoms with Crippen LogP contribution in [0.5, 0.6) is 5.75 Å². The molecule has 0 aliphatic heterocycles. The number of nitrogens with two attached hydrogens (primary N) is 1. The van der Waals surface area contributed by atoms with Crippen LogP contribution in [0.1, 0.15) is 0 Å². The number of benzene rings is 2. The van der Waals surface area contributed by atoms with Gasteiger partial charge in [-0.05, 0) is 30.3 Å². The fourth-order valence-corrected chi connectivity index (χ4v) is 4.24. The summed E-state index contributed by atoms with van der Waals surface area (Å²) in [7, 11) is -7.54. The minimum atomic E-state index is -4.55. The molecule has 4 N–H and O–H groups in total. The molecule has 0 saturated carbocycles. The molecule has 25 heavy (non-hydrogen) atoms. The van der Waals surface area contributed by atoms with Gasteiger partial charge in [-0.25, -0.2) is 8.42 Å². The fraction of sp³-hybridized carbons (Fsp3) is 0.0769. The van der Waals surface area contributed by atoms with Crippen molar-refractivity contribution in [2.24, 2.45) is 0 Å². The summed E-state index contributed by atoms with van der Waals surface area (Å²) in [6.45, 7) is 0. The van der Waals surface area contributed by atoms with Crippen LogP contribution in [0, 0.1) is 0 Å². The van der Waals surface area contributed by atoms with Crippen molar-refractivity contribution in [1.82, 2.24) is 0 Å². The molecule has 0 bridgehead atoms. The summed E-state index contributed by atoms with van der Waals surface area (Å²) < 4.78 is 63.8. The molecule has 0 aromatic heterocycles. The first-order valence-electron chi connectivity index (χ1n) is 6.38. The Morgan fingerprint density at radius 3 is 2.28 bits per heavy atom. The predicted molar refractivity (Wildman–Crippen MR) is 94.5 cm³/mol. The van der Waals surface area contributed by atoms with Gasteiger partial charge in [0.2, 0.25) is 0 Å². The highest BCUT2D eigenvalue weighted by atomic mass is 35.5. The summed E-state index contributed by atoms with van der Waals surface area (Å²) in [5.41, 5.74) is 5.43. The van der Waals surface area contributed by atoms with Crippen molar-refractivity contribution in [2.75, 3.05) is 17.6 Å². The van der Waals surface area contributed by atoms with E-state index in [0.29, 0.717) is 0 Å². The summed E-state index contributed by atoms with van der Waals surface area (Å²) >= 11 is 11.7. The molecule has 2 aromatic rings. The van der Waals surface area contributed by atoms with E-state index >= 15 is 0 Å². The highest BCUT2D eigenvalue weighted by molar-refractivity contribution is 7.92. The zero-order valence-electron chi connectivity index (χ0n) is 12.5. The van der Waals surface area contributed by atoms with Crippen molar-refractivity contribution in [1.29, 1.82) is 0 Å². The van der Waals surface area contributed by atoms with Crippen LogP contribution in [0.4, 0.5) is 11.4 Å². The smallest absolute Gasteiger partial charge is 0.294 e. The summed E-state index contributed by atoms with van der Waals surface area (Å²) in [4.78, 5) is -0.889. The van der Waals surface area contributed by atoms with E-state index in [-0.39, 0.29) is 32.1 Å². The van der Waals surface area contributed by atoms with Crippen LogP contribution in [-0.2, 0) is 20.1 Å². The lowest BCUT2D eigenvalue weighted by atomic mass is 10.3. The SMILES string of the molecule is COc1ccc(S(=O)(=O)O)cc1NS(=O)(=O)c1cc(Cl)c(N)cc1Cl. The molecule has 2 aromatic carbocycles. The molecule has 0 saturated heterocycles. The van der Waals surface area contributed by atoms with E-state index in [0.717, 1.165) is 18.2 Å². The molecule has 0 amide bonds. The largest absolute Gasteiger partial charge is 0.495 e. The van der Waals surface area contributed by atoms with Crippen LogP contribution in [0.2, 0.25) is 10.0 Å². The zero-order valence-corrected chi connectivity index (χ0v) is 15.7. The summed E-state index contributed by atoms with van der Waals surface area (Å²) in [5, 5.41) is -0.206. The lowest BCUT2D eigenvalue weighted by Crippen LogP contribution is -2.15. The number of nitrogens with one attached hydrogen (secondary N) is 1. The lowest BCUT2D eigenvalue weighted by molar-refractivity contribution is 0.416. The number of anilines is 2. The fourth-order valence-electron chi connectivity index (χ4n) is 1.88. The Hall–Kier alpha value is -1.72. The number of ether oxygens (including phenoxy) is 1. The first kappa shape index (κ1) is 19.6. The molecule has 0 spiro atoms. The maximum Gasteiger partial charge on any atom is 0.294 e. The van der Waals surface area contributed by atoms with Gasteiger partial charge < -0.3 is 10.5 Å². The van der Waals surface area contributed by atoms with Crippen molar-refractivity contribution in [3.63, 3.8) is 0 Å². The third-order valence-electron chi connectivity index (χ3n) is 3.05. The maximum absolute atomic E-state index is 12.6. The van der Waals surface area contributed by atoms with Crippen LogP contribution in [0.15, 0.2) is 40.1 Å². The third kappa shape index (κ3) is 4.28. The number of sulfonamides is 1. The topological polar surface area (TPSA) is 136 Å². The molecular formula is C13H12Cl2N2O6S2. The van der Waals surface area contributed by atoms with Gasteiger partial charge >= 0.3 is 0 Å². The van der Waals surface area contributed by atoms with Gasteiger partial charge in [-0.2, -0.15) is 8.42 Å². The quantitative estimate of drug-likeness (QED) is 0.493. The zero-order chi connectivity index (χ0) is 19.0. The molecule has 0 aliphatic rings. The van der Waals surface area contributed by atoms with E-state index in [1.165, 1.54) is 19.2 Å². The van der Waals surface area contributed by atoms with E-state index in [1.54, 1.807) is 0 Å². The average Bonchev–Trinajstić information content (AvgIpc) is 2.49. The van der Waals surface area contributed by atoms with E-state index in [9.17, 15) is 16.8 Å². The molecule has 2 rings (SSSR count). The van der Waals surface area contributed by atoms with Gasteiger partial charge in [-0.1, -0.05) is 23.2 Å². The number of hydrogen-bond acceptors (Lipinski definition) is 6. The van der Waals surface area contributed by atoms with Gasteiger partial charge in [0.15, 0.2) is 0 Å². The standard InChI is InChI=1S/C13H12Cl2N2O6S2/c1-23-12-3-2-7(25(20,21)22)4-11(12)17-24(18,19)13-6-8(14)10(16)5-9(13)15/h2-6,17H,16H2,1H3,(H,20,21,22). The van der Waals surface area contributed by atoms with Gasteiger partial charge in [0, 0.05) is 0 Å². The summed E-state index contributed by atoms with van der Waals surface area (Å²) in [6.07, 6.45) is 0. The van der Waals surface area contributed by atoms with Gasteiger partial charge in [0.05, 0.1) is 33.4 Å². The number of nitrogen functional groups attached to an aromatic ring is 1. The molecule has 0 fully saturated rings. The maximum atomic E-state index is 12.6. The molecule has 0 aliphatic carbocycles. The van der Waals surface area contributed by atoms with Gasteiger partial charge in [0.25, 0.3) is 20.1 Å². The Kier molecular flexibility index (Phi) is 5.40. The molecule has 0 atom stereocenters. The summed E-state index contributed by atoms with van der Waals surface area (Å²) in [5.74, 6) is 0.0219. The molecule has 0 heterocycles. The second-order valence-electron chi connectivity index (χ2n) is 4.75. The molecule has 0 radical (unpaired) electrons. The van der Waals surface area contributed by atoms with Gasteiger partial charge in [-0.15, -0.1) is 0 Å². The average molecular weight is 427 g/mol. The van der Waals surface area contributed by atoms with Crippen LogP contribution < -0.4 is 15.2 Å². The van der Waals surface area contributed by atoms with Crippen LogP contribution >= 0.6 is 23.2 Å². The second-order valence-corrected chi connectivity index (χ2v) is 8.63. The molecule has 8 nitrogen and oxygen atoms in total. The highest BCUT2D eigenvalue weighted by Crippen LogP contribution is 2.34. The van der Waals surface area contributed by atoms with E-state index in [1.807, 2.05) is 0 Å². The van der Waals surface area contributed by atoms with Gasteiger partial charge in [-0.3, -0.25) is 9.27 Å². The predicted octanol–water partition coefficient (Wildman–Crippen LogP) is 2.63. The Morgan fingerprint density at radius 1 is 1.08 bits per heavy atom. The minimum Gasteiger partial charge on any atom is -0.495 e. The minimum absolute atomic E-state index is 0.0219. The van der Waals surface area contributed by atoms with Crippen molar-refractivity contribution < 1.29 is 26.1 Å². The first-order valence-corrected chi connectivity index (χ1v) is 10.1. The molecular weight excluding hydrogens is 415 g/mol. The number of hydrogen-bond donors (Lipinski definition) is 3. The number of methoxy groups -OCH3 is 1. The Balaban J connectivity index is 2.56.